The van der Waals surface area contributed by atoms with Crippen LogP contribution in [-0.2, 0) is 7.05 Å². The number of aromatic amines is 1. The van der Waals surface area contributed by atoms with Gasteiger partial charge in [-0.3, -0.25) is 9.59 Å². The van der Waals surface area contributed by atoms with Gasteiger partial charge in [0.1, 0.15) is 17.3 Å². The number of nitrogens with one attached hydrogen (secondary N) is 1. The fourth-order valence-electron chi connectivity index (χ4n) is 4.51. The van der Waals surface area contributed by atoms with E-state index in [-0.39, 0.29) is 23.1 Å². The number of nitrogens with zero attached hydrogens (tertiary/aromatic N) is 2. The number of rotatable bonds is 5. The van der Waals surface area contributed by atoms with Crippen molar-refractivity contribution in [3.05, 3.63) is 98.7 Å². The first-order chi connectivity index (χ1) is 17.8. The second-order valence-corrected chi connectivity index (χ2v) is 8.98. The van der Waals surface area contributed by atoms with Gasteiger partial charge in [0.2, 0.25) is 0 Å². The minimum Gasteiger partial charge on any atom is -0.366 e. The van der Waals surface area contributed by atoms with Crippen molar-refractivity contribution in [2.75, 3.05) is 0 Å². The number of benzene rings is 1. The van der Waals surface area contributed by atoms with Crippen molar-refractivity contribution in [2.24, 2.45) is 12.8 Å². The van der Waals surface area contributed by atoms with Crippen molar-refractivity contribution in [1.82, 2.24) is 14.5 Å². The largest absolute Gasteiger partial charge is 0.366 e. The van der Waals surface area contributed by atoms with Gasteiger partial charge < -0.3 is 15.3 Å². The number of pyridine rings is 2. The molecule has 1 atom stereocenters. The molecule has 1 saturated carbocycles. The maximum Gasteiger partial charge on any atom is 0.254 e. The lowest BCUT2D eigenvalue weighted by atomic mass is 9.88. The predicted octanol–water partition coefficient (Wildman–Crippen LogP) is 4.09. The second-order valence-electron chi connectivity index (χ2n) is 8.98. The first-order valence-corrected chi connectivity index (χ1v) is 11.7. The molecule has 37 heavy (non-hydrogen) atoms. The quantitative estimate of drug-likeness (QED) is 0.408. The normalized spacial score (nSPS) is 13.4. The molecule has 3 N–H and O–H groups in total. The molecule has 0 aliphatic heterocycles. The maximum absolute atomic E-state index is 14.8. The highest BCUT2D eigenvalue weighted by atomic mass is 19.1. The molecule has 1 aliphatic rings. The minimum absolute atomic E-state index is 0.0334. The van der Waals surface area contributed by atoms with E-state index in [1.54, 1.807) is 29.9 Å². The van der Waals surface area contributed by atoms with Gasteiger partial charge in [0, 0.05) is 48.4 Å². The first-order valence-electron chi connectivity index (χ1n) is 11.7. The van der Waals surface area contributed by atoms with Crippen LogP contribution in [0.3, 0.4) is 0 Å². The van der Waals surface area contributed by atoms with Crippen molar-refractivity contribution in [2.45, 2.75) is 31.1 Å². The van der Waals surface area contributed by atoms with E-state index < -0.39 is 23.5 Å². The molecule has 0 saturated heterocycles. The van der Waals surface area contributed by atoms with E-state index in [0.717, 1.165) is 36.7 Å². The van der Waals surface area contributed by atoms with Gasteiger partial charge >= 0.3 is 0 Å². The third-order valence-electron chi connectivity index (χ3n) is 6.57. The maximum atomic E-state index is 14.8. The van der Waals surface area contributed by atoms with E-state index in [1.807, 2.05) is 6.07 Å². The fraction of sp³-hybridized carbons (Fsp3) is 0.207. The number of hydrogen-bond acceptors (Lipinski definition) is 3. The van der Waals surface area contributed by atoms with Crippen molar-refractivity contribution >= 4 is 16.9 Å². The zero-order valence-electron chi connectivity index (χ0n) is 19.9. The van der Waals surface area contributed by atoms with E-state index in [1.165, 1.54) is 6.20 Å². The average Bonchev–Trinajstić information content (AvgIpc) is 3.60. The fourth-order valence-corrected chi connectivity index (χ4v) is 4.51. The van der Waals surface area contributed by atoms with Crippen molar-refractivity contribution < 1.29 is 13.6 Å². The van der Waals surface area contributed by atoms with Gasteiger partial charge in [0.05, 0.1) is 11.1 Å². The van der Waals surface area contributed by atoms with Crippen LogP contribution in [0.2, 0.25) is 0 Å². The van der Waals surface area contributed by atoms with Crippen molar-refractivity contribution in [1.29, 1.82) is 0 Å². The van der Waals surface area contributed by atoms with Gasteiger partial charge in [-0.15, -0.1) is 0 Å². The van der Waals surface area contributed by atoms with Crippen LogP contribution in [-0.4, -0.2) is 20.4 Å². The number of carbonyl (C=O) groups excluding carboxylic acids is 1. The molecule has 0 bridgehead atoms. The molecular weight excluding hydrogens is 474 g/mol. The highest BCUT2D eigenvalue weighted by Crippen LogP contribution is 2.39. The summed E-state index contributed by atoms with van der Waals surface area (Å²) in [5.74, 6) is 8.84. The van der Waals surface area contributed by atoms with E-state index in [9.17, 15) is 18.4 Å². The Morgan fingerprint density at radius 2 is 2.00 bits per heavy atom. The minimum atomic E-state index is -0.796. The Kier molecular flexibility index (Phi) is 6.33. The first kappa shape index (κ1) is 24.0. The molecule has 5 rings (SSSR count). The molecule has 6 nitrogen and oxygen atoms in total. The van der Waals surface area contributed by atoms with Crippen LogP contribution in [0.25, 0.3) is 11.0 Å². The second kappa shape index (κ2) is 9.75. The van der Waals surface area contributed by atoms with E-state index >= 15 is 0 Å². The third-order valence-corrected chi connectivity index (χ3v) is 6.57. The van der Waals surface area contributed by atoms with Gasteiger partial charge in [-0.2, -0.15) is 0 Å². The number of aromatic nitrogens is 3. The van der Waals surface area contributed by atoms with Crippen LogP contribution in [0.4, 0.5) is 8.78 Å². The number of hydrogen-bond donors (Lipinski definition) is 2. The van der Waals surface area contributed by atoms with Crippen LogP contribution in [0.1, 0.15) is 63.8 Å². The summed E-state index contributed by atoms with van der Waals surface area (Å²) in [4.78, 5) is 32.2. The molecule has 0 radical (unpaired) electrons. The molecule has 4 aromatic rings. The zero-order chi connectivity index (χ0) is 26.1. The number of nitrogens with two attached hydrogens (primary N) is 1. The monoisotopic (exact) mass is 496 g/mol. The van der Waals surface area contributed by atoms with Crippen LogP contribution < -0.4 is 11.3 Å². The summed E-state index contributed by atoms with van der Waals surface area (Å²) in [6.07, 6.45) is 5.12. The number of amides is 1. The smallest absolute Gasteiger partial charge is 0.254 e. The third kappa shape index (κ3) is 4.74. The van der Waals surface area contributed by atoms with E-state index in [0.29, 0.717) is 28.1 Å². The van der Waals surface area contributed by atoms with E-state index in [2.05, 4.69) is 33.6 Å². The zero-order valence-corrected chi connectivity index (χ0v) is 19.9. The molecule has 8 heteroatoms. The Labute approximate surface area is 211 Å². The highest BCUT2D eigenvalue weighted by Gasteiger charge is 2.28. The van der Waals surface area contributed by atoms with Gasteiger partial charge in [-0.25, -0.2) is 13.8 Å². The van der Waals surface area contributed by atoms with E-state index in [4.69, 9.17) is 5.73 Å². The summed E-state index contributed by atoms with van der Waals surface area (Å²) < 4.78 is 30.4. The lowest BCUT2D eigenvalue weighted by Gasteiger charge is -2.18. The topological polar surface area (TPSA) is 93.8 Å². The summed E-state index contributed by atoms with van der Waals surface area (Å²) in [6, 6.07) is 8.48. The Bertz CT molecular complexity index is 1730. The number of H-pyrrole nitrogens is 1. The Morgan fingerprint density at radius 1 is 1.19 bits per heavy atom. The van der Waals surface area contributed by atoms with Crippen LogP contribution in [0.15, 0.2) is 53.6 Å². The van der Waals surface area contributed by atoms with Crippen LogP contribution >= 0.6 is 0 Å². The lowest BCUT2D eigenvalue weighted by molar-refractivity contribution is 0.1000. The predicted molar refractivity (Wildman–Crippen MR) is 136 cm³/mol. The molecule has 1 amide bonds. The summed E-state index contributed by atoms with van der Waals surface area (Å²) >= 11 is 0. The number of carbonyl (C=O) groups is 1. The van der Waals surface area contributed by atoms with Gasteiger partial charge in [-0.05, 0) is 66.5 Å². The summed E-state index contributed by atoms with van der Waals surface area (Å²) in [5, 5.41) is 0.629. The van der Waals surface area contributed by atoms with Crippen LogP contribution in [0, 0.1) is 35.3 Å². The van der Waals surface area contributed by atoms with Gasteiger partial charge in [-0.1, -0.05) is 17.9 Å². The van der Waals surface area contributed by atoms with Crippen LogP contribution in [0.5, 0.6) is 0 Å². The number of halogens is 2. The number of primary amides is 1. The molecule has 184 valence electrons. The average molecular weight is 497 g/mol. The summed E-state index contributed by atoms with van der Waals surface area (Å²) in [5.41, 5.74) is 7.64. The molecule has 1 aliphatic carbocycles. The molecule has 3 heterocycles. The molecule has 3 aromatic heterocycles. The van der Waals surface area contributed by atoms with Gasteiger partial charge in [0.25, 0.3) is 11.5 Å². The molecule has 1 fully saturated rings. The van der Waals surface area contributed by atoms with Gasteiger partial charge in [0.15, 0.2) is 0 Å². The van der Waals surface area contributed by atoms with Crippen molar-refractivity contribution in [3.63, 3.8) is 0 Å². The molecular formula is C29H22F2N4O2. The molecule has 1 aromatic carbocycles. The standard InChI is InChI=1S/C29H22F2N4O2/c1-35-26(17-7-8-17)12-10-22(29(35)37)20(23-15-18(30)9-11-25(23)31)6-4-2-3-5-19-21-13-14-33-28(21)34-16-24(19)27(32)36/h9-17,20H,6-8H2,1H3,(H2,32,36)(H,33,34). The lowest BCUT2D eigenvalue weighted by Crippen LogP contribution is -2.26. The highest BCUT2D eigenvalue weighted by molar-refractivity contribution is 6.00. The summed E-state index contributed by atoms with van der Waals surface area (Å²) in [7, 11) is 1.70. The SMILES string of the molecule is Cn1c(C2CC2)ccc(C(CC#CC#Cc2c(C(N)=O)cnc3[nH]ccc23)c2cc(F)ccc2F)c1=O. The van der Waals surface area contributed by atoms with Crippen molar-refractivity contribution in [3.8, 4) is 23.7 Å². The molecule has 1 unspecified atom stereocenters. The Balaban J connectivity index is 1.52. The summed E-state index contributed by atoms with van der Waals surface area (Å²) in [6.45, 7) is 0. The Morgan fingerprint density at radius 3 is 2.76 bits per heavy atom. The molecule has 0 spiro atoms. The Hall–Kier alpha value is -4.69. The number of fused-ring (bicyclic) bond motifs is 1.